The zero-order chi connectivity index (χ0) is 11.4. The van der Waals surface area contributed by atoms with E-state index in [0.29, 0.717) is 22.6 Å². The highest BCUT2D eigenvalue weighted by molar-refractivity contribution is 5.49. The molecule has 0 aliphatic carbocycles. The molecule has 0 saturated heterocycles. The molecule has 0 saturated carbocycles. The van der Waals surface area contributed by atoms with Gasteiger partial charge < -0.3 is 9.15 Å². The first-order chi connectivity index (χ1) is 7.83. The van der Waals surface area contributed by atoms with Crippen molar-refractivity contribution in [2.24, 2.45) is 0 Å². The maximum absolute atomic E-state index is 8.87. The Morgan fingerprint density at radius 2 is 2.00 bits per heavy atom. The highest BCUT2D eigenvalue weighted by Gasteiger charge is 2.06. The van der Waals surface area contributed by atoms with Gasteiger partial charge in [0.1, 0.15) is 18.1 Å². The van der Waals surface area contributed by atoms with Gasteiger partial charge in [0, 0.05) is 6.07 Å². The summed E-state index contributed by atoms with van der Waals surface area (Å²) in [7, 11) is 0. The van der Waals surface area contributed by atoms with Crippen molar-refractivity contribution in [3.8, 4) is 23.6 Å². The summed E-state index contributed by atoms with van der Waals surface area (Å²) in [4.78, 5) is 0. The van der Waals surface area contributed by atoms with Gasteiger partial charge in [-0.2, -0.15) is 10.5 Å². The van der Waals surface area contributed by atoms with Crippen molar-refractivity contribution in [3.63, 3.8) is 0 Å². The van der Waals surface area contributed by atoms with Gasteiger partial charge in [-0.25, -0.2) is 0 Å². The molecule has 0 fully saturated rings. The average molecular weight is 210 g/mol. The van der Waals surface area contributed by atoms with Crippen LogP contribution in [0.15, 0.2) is 41.2 Å². The number of benzene rings is 1. The minimum Gasteiger partial charge on any atom is -0.469 e. The van der Waals surface area contributed by atoms with E-state index in [-0.39, 0.29) is 0 Å². The quantitative estimate of drug-likeness (QED) is 0.764. The van der Waals surface area contributed by atoms with E-state index in [2.05, 4.69) is 0 Å². The fourth-order valence-corrected chi connectivity index (χ4v) is 1.21. The molecule has 2 rings (SSSR count). The van der Waals surface area contributed by atoms with Crippen LogP contribution in [0.25, 0.3) is 0 Å². The number of nitrogens with zero attached hydrogens (tertiary/aromatic N) is 2. The normalized spacial score (nSPS) is 9.12. The third-order valence-electron chi connectivity index (χ3n) is 1.95. The van der Waals surface area contributed by atoms with E-state index >= 15 is 0 Å². The van der Waals surface area contributed by atoms with Crippen LogP contribution in [-0.4, -0.2) is 0 Å². The van der Waals surface area contributed by atoms with Crippen LogP contribution in [0, 0.1) is 22.7 Å². The van der Waals surface area contributed by atoms with E-state index in [1.165, 1.54) is 18.6 Å². The summed E-state index contributed by atoms with van der Waals surface area (Å²) < 4.78 is 10.3. The molecule has 0 N–H and O–H groups in total. The fourth-order valence-electron chi connectivity index (χ4n) is 1.21. The maximum atomic E-state index is 8.87. The van der Waals surface area contributed by atoms with Gasteiger partial charge in [0.25, 0.3) is 0 Å². The monoisotopic (exact) mass is 210 g/mol. The van der Waals surface area contributed by atoms with Crippen molar-refractivity contribution in [2.75, 3.05) is 0 Å². The van der Waals surface area contributed by atoms with Crippen molar-refractivity contribution < 1.29 is 9.15 Å². The predicted molar refractivity (Wildman–Crippen MR) is 54.7 cm³/mol. The number of furan rings is 1. The molecule has 0 aliphatic heterocycles. The van der Waals surface area contributed by atoms with Crippen LogP contribution in [0.2, 0.25) is 0 Å². The molecular weight excluding hydrogens is 204 g/mol. The fraction of sp³-hybridized carbons (Fsp3) is 0. The third kappa shape index (κ3) is 1.87. The van der Waals surface area contributed by atoms with Gasteiger partial charge in [0.05, 0.1) is 23.5 Å². The lowest BCUT2D eigenvalue weighted by atomic mass is 10.1. The average Bonchev–Trinajstić information content (AvgIpc) is 2.82. The first-order valence-corrected chi connectivity index (χ1v) is 4.48. The highest BCUT2D eigenvalue weighted by Crippen LogP contribution is 2.26. The van der Waals surface area contributed by atoms with Gasteiger partial charge >= 0.3 is 0 Å². The summed E-state index contributed by atoms with van der Waals surface area (Å²) >= 11 is 0. The Balaban J connectivity index is 2.39. The smallest absolute Gasteiger partial charge is 0.165 e. The molecule has 0 radical (unpaired) electrons. The molecule has 2 aromatic rings. The Morgan fingerprint density at radius 1 is 1.12 bits per heavy atom. The number of ether oxygens (including phenoxy) is 1. The van der Waals surface area contributed by atoms with E-state index in [1.807, 2.05) is 12.1 Å². The van der Waals surface area contributed by atoms with Crippen LogP contribution in [0.1, 0.15) is 11.1 Å². The Morgan fingerprint density at radius 3 is 2.62 bits per heavy atom. The van der Waals surface area contributed by atoms with Gasteiger partial charge in [-0.05, 0) is 18.2 Å². The lowest BCUT2D eigenvalue weighted by molar-refractivity contribution is 0.465. The van der Waals surface area contributed by atoms with Crippen LogP contribution < -0.4 is 4.74 Å². The summed E-state index contributed by atoms with van der Waals surface area (Å²) in [5.41, 5.74) is 0.817. The van der Waals surface area contributed by atoms with Gasteiger partial charge in [-0.1, -0.05) is 0 Å². The number of rotatable bonds is 2. The standard InChI is InChI=1S/C12H6N2O2/c13-6-9-1-2-10(7-14)12(5-9)16-11-3-4-15-8-11/h1-5,8H. The first kappa shape index (κ1) is 9.82. The zero-order valence-corrected chi connectivity index (χ0v) is 8.18. The minimum atomic E-state index is 0.350. The molecule has 1 aromatic carbocycles. The Kier molecular flexibility index (Phi) is 2.58. The number of hydrogen-bond donors (Lipinski definition) is 0. The summed E-state index contributed by atoms with van der Waals surface area (Å²) in [5.74, 6) is 0.842. The maximum Gasteiger partial charge on any atom is 0.165 e. The summed E-state index contributed by atoms with van der Waals surface area (Å²) in [5, 5.41) is 17.6. The molecule has 76 valence electrons. The summed E-state index contributed by atoms with van der Waals surface area (Å²) in [6.45, 7) is 0. The minimum absolute atomic E-state index is 0.350. The molecule has 0 spiro atoms. The van der Waals surface area contributed by atoms with E-state index in [0.717, 1.165) is 0 Å². The lowest BCUT2D eigenvalue weighted by Crippen LogP contribution is -1.88. The third-order valence-corrected chi connectivity index (χ3v) is 1.95. The molecule has 0 unspecified atom stereocenters. The van der Waals surface area contributed by atoms with Crippen molar-refractivity contribution in [3.05, 3.63) is 47.9 Å². The molecule has 1 aromatic heterocycles. The Bertz CT molecular complexity index is 574. The molecule has 1 heterocycles. The summed E-state index contributed by atoms with van der Waals surface area (Å²) in [6.07, 6.45) is 2.88. The van der Waals surface area contributed by atoms with E-state index in [4.69, 9.17) is 19.7 Å². The van der Waals surface area contributed by atoms with E-state index in [9.17, 15) is 0 Å². The van der Waals surface area contributed by atoms with E-state index < -0.39 is 0 Å². The number of hydrogen-bond acceptors (Lipinski definition) is 4. The summed E-state index contributed by atoms with van der Waals surface area (Å²) in [6, 6.07) is 10.2. The first-order valence-electron chi connectivity index (χ1n) is 4.48. The van der Waals surface area contributed by atoms with Crippen LogP contribution >= 0.6 is 0 Å². The van der Waals surface area contributed by atoms with Crippen molar-refractivity contribution in [2.45, 2.75) is 0 Å². The Labute approximate surface area is 91.9 Å². The second-order valence-electron chi connectivity index (χ2n) is 3.00. The SMILES string of the molecule is N#Cc1ccc(C#N)c(Oc2ccoc2)c1. The van der Waals surface area contributed by atoms with E-state index in [1.54, 1.807) is 18.2 Å². The van der Waals surface area contributed by atoms with Crippen molar-refractivity contribution in [1.82, 2.24) is 0 Å². The molecule has 4 nitrogen and oxygen atoms in total. The van der Waals surface area contributed by atoms with Crippen LogP contribution in [0.4, 0.5) is 0 Å². The van der Waals surface area contributed by atoms with Gasteiger partial charge in [0.2, 0.25) is 0 Å². The molecule has 4 heteroatoms. The van der Waals surface area contributed by atoms with Crippen molar-refractivity contribution in [1.29, 1.82) is 10.5 Å². The van der Waals surface area contributed by atoms with Crippen LogP contribution in [0.5, 0.6) is 11.5 Å². The molecule has 0 bridgehead atoms. The number of nitriles is 2. The predicted octanol–water partition coefficient (Wildman–Crippen LogP) is 2.82. The topological polar surface area (TPSA) is 70.0 Å². The van der Waals surface area contributed by atoms with Crippen LogP contribution in [-0.2, 0) is 0 Å². The molecule has 0 atom stereocenters. The molecule has 0 amide bonds. The second kappa shape index (κ2) is 4.20. The molecule has 16 heavy (non-hydrogen) atoms. The molecule has 0 aliphatic rings. The van der Waals surface area contributed by atoms with Gasteiger partial charge in [-0.3, -0.25) is 0 Å². The van der Waals surface area contributed by atoms with Crippen LogP contribution in [0.3, 0.4) is 0 Å². The Hall–Kier alpha value is -2.72. The van der Waals surface area contributed by atoms with Gasteiger partial charge in [0.15, 0.2) is 5.75 Å². The highest BCUT2D eigenvalue weighted by atomic mass is 16.5. The van der Waals surface area contributed by atoms with Crippen molar-refractivity contribution >= 4 is 0 Å². The molecular formula is C12H6N2O2. The largest absolute Gasteiger partial charge is 0.469 e. The van der Waals surface area contributed by atoms with Gasteiger partial charge in [-0.15, -0.1) is 0 Å². The zero-order valence-electron chi connectivity index (χ0n) is 8.18. The second-order valence-corrected chi connectivity index (χ2v) is 3.00. The lowest BCUT2D eigenvalue weighted by Gasteiger charge is -2.04.